The summed E-state index contributed by atoms with van der Waals surface area (Å²) < 4.78 is 0. The molecule has 0 radical (unpaired) electrons. The Morgan fingerprint density at radius 1 is 1.57 bits per heavy atom. The molecule has 1 rings (SSSR count). The Hall–Kier alpha value is -0.710. The molecule has 2 N–H and O–H groups in total. The lowest BCUT2D eigenvalue weighted by atomic mass is 10.3. The Bertz CT molecular complexity index is 228. The fourth-order valence-corrected chi connectivity index (χ4v) is 2.32. The fraction of sp³-hybridized carbons (Fsp3) is 0.778. The van der Waals surface area contributed by atoms with Crippen LogP contribution >= 0.6 is 11.8 Å². The average molecular weight is 217 g/mol. The van der Waals surface area contributed by atoms with E-state index in [1.165, 1.54) is 19.8 Å². The van der Waals surface area contributed by atoms with Gasteiger partial charge in [-0.25, -0.2) is 4.79 Å². The predicted octanol–water partition coefficient (Wildman–Crippen LogP) is 0.719. The number of rotatable bonds is 6. The molecule has 1 aliphatic rings. The van der Waals surface area contributed by atoms with E-state index in [9.17, 15) is 9.59 Å². The van der Waals surface area contributed by atoms with Crippen molar-refractivity contribution in [1.82, 2.24) is 5.32 Å². The maximum Gasteiger partial charge on any atom is 0.327 e. The summed E-state index contributed by atoms with van der Waals surface area (Å²) >= 11 is 1.61. The van der Waals surface area contributed by atoms with Crippen LogP contribution in [-0.4, -0.2) is 34.5 Å². The molecule has 0 aromatic heterocycles. The Morgan fingerprint density at radius 3 is 2.64 bits per heavy atom. The van der Waals surface area contributed by atoms with E-state index in [-0.39, 0.29) is 5.91 Å². The van der Waals surface area contributed by atoms with Gasteiger partial charge in [0.15, 0.2) is 0 Å². The Kier molecular flexibility index (Phi) is 4.25. The number of carboxylic acids is 1. The van der Waals surface area contributed by atoms with Crippen LogP contribution in [0.3, 0.4) is 0 Å². The zero-order valence-corrected chi connectivity index (χ0v) is 8.97. The van der Waals surface area contributed by atoms with Crippen molar-refractivity contribution < 1.29 is 14.7 Å². The topological polar surface area (TPSA) is 66.4 Å². The molecule has 0 spiro atoms. The summed E-state index contributed by atoms with van der Waals surface area (Å²) in [5.41, 5.74) is 0. The van der Waals surface area contributed by atoms with Crippen LogP contribution in [-0.2, 0) is 9.59 Å². The summed E-state index contributed by atoms with van der Waals surface area (Å²) in [7, 11) is 0. The number of carbonyl (C=O) groups excluding carboxylic acids is 1. The van der Waals surface area contributed by atoms with E-state index in [4.69, 9.17) is 5.11 Å². The normalized spacial score (nSPS) is 17.5. The van der Waals surface area contributed by atoms with Gasteiger partial charge in [0.2, 0.25) is 5.91 Å². The third-order valence-corrected chi connectivity index (χ3v) is 3.29. The first-order chi connectivity index (χ1) is 6.59. The highest BCUT2D eigenvalue weighted by atomic mass is 32.2. The first-order valence-electron chi connectivity index (χ1n) is 4.67. The standard InChI is InChI=1S/C9H15NO3S/c1-6(11)10-8(9(12)13)5-14-4-7-2-3-7/h7-8H,2-5H2,1H3,(H,10,11)(H,12,13)/t8-/m0/s1. The first kappa shape index (κ1) is 11.4. The van der Waals surface area contributed by atoms with Gasteiger partial charge >= 0.3 is 5.97 Å². The zero-order valence-electron chi connectivity index (χ0n) is 8.16. The van der Waals surface area contributed by atoms with Crippen molar-refractivity contribution in [3.63, 3.8) is 0 Å². The lowest BCUT2D eigenvalue weighted by Gasteiger charge is -2.12. The van der Waals surface area contributed by atoms with Crippen LogP contribution in [0.25, 0.3) is 0 Å². The fourth-order valence-electron chi connectivity index (χ4n) is 1.06. The van der Waals surface area contributed by atoms with Crippen LogP contribution in [0.5, 0.6) is 0 Å². The molecule has 0 aliphatic heterocycles. The van der Waals surface area contributed by atoms with Gasteiger partial charge in [0.25, 0.3) is 0 Å². The molecule has 1 fully saturated rings. The molecular formula is C9H15NO3S. The average Bonchev–Trinajstić information content (AvgIpc) is 2.85. The zero-order chi connectivity index (χ0) is 10.6. The molecule has 80 valence electrons. The highest BCUT2D eigenvalue weighted by Gasteiger charge is 2.23. The van der Waals surface area contributed by atoms with Crippen molar-refractivity contribution in [1.29, 1.82) is 0 Å². The van der Waals surface area contributed by atoms with Gasteiger partial charge in [-0.05, 0) is 24.5 Å². The lowest BCUT2D eigenvalue weighted by Crippen LogP contribution is -2.41. The number of hydrogen-bond donors (Lipinski definition) is 2. The second kappa shape index (κ2) is 5.24. The molecule has 5 heteroatoms. The number of carbonyl (C=O) groups is 2. The van der Waals surface area contributed by atoms with Crippen LogP contribution in [0.1, 0.15) is 19.8 Å². The predicted molar refractivity (Wildman–Crippen MR) is 55.3 cm³/mol. The van der Waals surface area contributed by atoms with E-state index in [1.54, 1.807) is 11.8 Å². The van der Waals surface area contributed by atoms with Crippen LogP contribution in [0, 0.1) is 5.92 Å². The van der Waals surface area contributed by atoms with Gasteiger partial charge in [0, 0.05) is 12.7 Å². The van der Waals surface area contributed by atoms with E-state index in [0.29, 0.717) is 5.75 Å². The van der Waals surface area contributed by atoms with Gasteiger partial charge < -0.3 is 10.4 Å². The molecule has 0 heterocycles. The molecule has 0 unspecified atom stereocenters. The van der Waals surface area contributed by atoms with Gasteiger partial charge in [-0.3, -0.25) is 4.79 Å². The summed E-state index contributed by atoms with van der Waals surface area (Å²) in [6.45, 7) is 1.33. The van der Waals surface area contributed by atoms with E-state index in [2.05, 4.69) is 5.32 Å². The molecule has 0 saturated heterocycles. The number of aliphatic carboxylic acids is 1. The van der Waals surface area contributed by atoms with Gasteiger partial charge in [0.05, 0.1) is 0 Å². The summed E-state index contributed by atoms with van der Waals surface area (Å²) in [5, 5.41) is 11.2. The second-order valence-electron chi connectivity index (χ2n) is 3.57. The third-order valence-electron chi connectivity index (χ3n) is 2.01. The van der Waals surface area contributed by atoms with E-state index in [1.807, 2.05) is 0 Å². The molecule has 1 atom stereocenters. The van der Waals surface area contributed by atoms with Gasteiger partial charge in [-0.2, -0.15) is 11.8 Å². The molecule has 4 nitrogen and oxygen atoms in total. The molecule has 1 amide bonds. The van der Waals surface area contributed by atoms with Crippen molar-refractivity contribution in [2.75, 3.05) is 11.5 Å². The molecular weight excluding hydrogens is 202 g/mol. The van der Waals surface area contributed by atoms with Crippen LogP contribution in [0.4, 0.5) is 0 Å². The van der Waals surface area contributed by atoms with Crippen LogP contribution in [0.15, 0.2) is 0 Å². The molecule has 0 bridgehead atoms. The highest BCUT2D eigenvalue weighted by Crippen LogP contribution is 2.32. The minimum Gasteiger partial charge on any atom is -0.480 e. The summed E-state index contributed by atoms with van der Waals surface area (Å²) in [4.78, 5) is 21.4. The SMILES string of the molecule is CC(=O)N[C@@H](CSCC1CC1)C(=O)O. The number of nitrogens with one attached hydrogen (secondary N) is 1. The van der Waals surface area contributed by atoms with Crippen molar-refractivity contribution in [3.8, 4) is 0 Å². The molecule has 1 saturated carbocycles. The maximum absolute atomic E-state index is 10.7. The second-order valence-corrected chi connectivity index (χ2v) is 4.65. The lowest BCUT2D eigenvalue weighted by molar-refractivity contribution is -0.140. The Morgan fingerprint density at radius 2 is 2.21 bits per heavy atom. The number of hydrogen-bond acceptors (Lipinski definition) is 3. The first-order valence-corrected chi connectivity index (χ1v) is 5.82. The minimum atomic E-state index is -0.955. The molecule has 0 aromatic rings. The van der Waals surface area contributed by atoms with Crippen molar-refractivity contribution in [3.05, 3.63) is 0 Å². The summed E-state index contributed by atoms with van der Waals surface area (Å²) in [6, 6.07) is -0.740. The summed E-state index contributed by atoms with van der Waals surface area (Å²) in [6.07, 6.45) is 2.54. The molecule has 1 aliphatic carbocycles. The largest absolute Gasteiger partial charge is 0.480 e. The van der Waals surface area contributed by atoms with Crippen LogP contribution in [0.2, 0.25) is 0 Å². The monoisotopic (exact) mass is 217 g/mol. The van der Waals surface area contributed by atoms with Crippen molar-refractivity contribution in [2.45, 2.75) is 25.8 Å². The highest BCUT2D eigenvalue weighted by molar-refractivity contribution is 7.99. The van der Waals surface area contributed by atoms with Crippen LogP contribution < -0.4 is 5.32 Å². The Balaban J connectivity index is 2.19. The number of amides is 1. The van der Waals surface area contributed by atoms with Gasteiger partial charge in [-0.1, -0.05) is 0 Å². The molecule has 0 aromatic carbocycles. The van der Waals surface area contributed by atoms with Gasteiger partial charge in [0.1, 0.15) is 6.04 Å². The van der Waals surface area contributed by atoms with Crippen molar-refractivity contribution >= 4 is 23.6 Å². The van der Waals surface area contributed by atoms with Crippen molar-refractivity contribution in [2.24, 2.45) is 5.92 Å². The quantitative estimate of drug-likeness (QED) is 0.688. The van der Waals surface area contributed by atoms with E-state index < -0.39 is 12.0 Å². The number of carboxylic acid groups (broad SMARTS) is 1. The Labute approximate surface area is 87.4 Å². The smallest absolute Gasteiger partial charge is 0.327 e. The van der Waals surface area contributed by atoms with E-state index in [0.717, 1.165) is 11.7 Å². The molecule has 14 heavy (non-hydrogen) atoms. The van der Waals surface area contributed by atoms with Gasteiger partial charge in [-0.15, -0.1) is 0 Å². The maximum atomic E-state index is 10.7. The third kappa shape index (κ3) is 4.50. The van der Waals surface area contributed by atoms with E-state index >= 15 is 0 Å². The minimum absolute atomic E-state index is 0.288. The summed E-state index contributed by atoms with van der Waals surface area (Å²) in [5.74, 6) is 1.02. The number of thioether (sulfide) groups is 1.